The fourth-order valence-corrected chi connectivity index (χ4v) is 7.96. The lowest BCUT2D eigenvalue weighted by atomic mass is 9.79. The summed E-state index contributed by atoms with van der Waals surface area (Å²) < 4.78 is 6.92. The molecule has 0 spiro atoms. The van der Waals surface area contributed by atoms with Gasteiger partial charge in [-0.2, -0.15) is 0 Å². The van der Waals surface area contributed by atoms with Crippen molar-refractivity contribution in [3.05, 3.63) is 115 Å². The van der Waals surface area contributed by atoms with Gasteiger partial charge in [0.05, 0.1) is 0 Å². The molecule has 0 radical (unpaired) electrons. The molecule has 1 saturated heterocycles. The molecule has 0 amide bonds. The molecule has 1 aliphatic carbocycles. The third kappa shape index (κ3) is 8.58. The SMILES string of the molecule is CC(C)(C)c1cc2c(O)c(c1)Cc1cc(C(C)(C)C)cc(c1O)Cc1cc(C(C)(C)C)cc(c1O[C@@H]1CN[C@H](C(=O)O)C1)Cc1cc(C(C)(C)C)cc(c1O)C2. The van der Waals surface area contributed by atoms with Gasteiger partial charge in [-0.1, -0.05) is 132 Å². The number of aliphatic carboxylic acids is 1. The minimum atomic E-state index is -0.903. The predicted octanol–water partition coefficient (Wildman–Crippen LogP) is 9.86. The number of ether oxygens (including phenoxy) is 1. The van der Waals surface area contributed by atoms with Gasteiger partial charge >= 0.3 is 5.97 Å². The second-order valence-electron chi connectivity index (χ2n) is 20.5. The van der Waals surface area contributed by atoms with Gasteiger partial charge in [0.1, 0.15) is 35.1 Å². The van der Waals surface area contributed by atoms with Crippen molar-refractivity contribution < 1.29 is 30.0 Å². The molecule has 56 heavy (non-hydrogen) atoms. The minimum Gasteiger partial charge on any atom is -0.507 e. The van der Waals surface area contributed by atoms with Gasteiger partial charge in [-0.15, -0.1) is 0 Å². The summed E-state index contributed by atoms with van der Waals surface area (Å²) >= 11 is 0. The summed E-state index contributed by atoms with van der Waals surface area (Å²) in [6.07, 6.45) is 1.26. The van der Waals surface area contributed by atoms with E-state index in [4.69, 9.17) is 4.74 Å². The van der Waals surface area contributed by atoms with E-state index in [1.165, 1.54) is 0 Å². The number of phenolic OH excluding ortho intramolecular Hbond substituents is 3. The van der Waals surface area contributed by atoms with E-state index in [1.54, 1.807) is 0 Å². The molecule has 0 aromatic heterocycles. The third-order valence-electron chi connectivity index (χ3n) is 11.7. The van der Waals surface area contributed by atoms with Crippen LogP contribution in [-0.2, 0) is 52.1 Å². The van der Waals surface area contributed by atoms with Crippen molar-refractivity contribution in [3.63, 3.8) is 0 Å². The quantitative estimate of drug-likeness (QED) is 0.124. The maximum absolute atomic E-state index is 12.2. The average molecular weight is 762 g/mol. The Morgan fingerprint density at radius 2 is 0.786 bits per heavy atom. The zero-order valence-electron chi connectivity index (χ0n) is 35.6. The lowest BCUT2D eigenvalue weighted by Crippen LogP contribution is -2.30. The molecule has 7 heteroatoms. The number of carboxylic acids is 1. The van der Waals surface area contributed by atoms with E-state index >= 15 is 0 Å². The van der Waals surface area contributed by atoms with Gasteiger partial charge in [0.25, 0.3) is 0 Å². The van der Waals surface area contributed by atoms with Crippen LogP contribution in [0.15, 0.2) is 48.5 Å². The Hall–Kier alpha value is -4.49. The van der Waals surface area contributed by atoms with Crippen LogP contribution in [0.5, 0.6) is 23.0 Å². The van der Waals surface area contributed by atoms with Crippen LogP contribution in [0.4, 0.5) is 0 Å². The first-order valence-electron chi connectivity index (χ1n) is 20.1. The number of benzene rings is 4. The number of carbonyl (C=O) groups is 1. The minimum absolute atomic E-state index is 0.176. The fourth-order valence-electron chi connectivity index (χ4n) is 7.96. The topological polar surface area (TPSA) is 119 Å². The van der Waals surface area contributed by atoms with Crippen molar-refractivity contribution in [3.8, 4) is 23.0 Å². The van der Waals surface area contributed by atoms with Crippen molar-refractivity contribution in [1.29, 1.82) is 0 Å². The predicted molar refractivity (Wildman–Crippen MR) is 225 cm³/mol. The van der Waals surface area contributed by atoms with Crippen LogP contribution in [0.3, 0.4) is 0 Å². The Morgan fingerprint density at radius 1 is 0.518 bits per heavy atom. The molecule has 5 N–H and O–H groups in total. The molecule has 0 unspecified atom stereocenters. The highest BCUT2D eigenvalue weighted by Gasteiger charge is 2.33. The van der Waals surface area contributed by atoms with E-state index < -0.39 is 12.0 Å². The summed E-state index contributed by atoms with van der Waals surface area (Å²) in [4.78, 5) is 12.0. The van der Waals surface area contributed by atoms with E-state index in [9.17, 15) is 25.2 Å². The maximum Gasteiger partial charge on any atom is 0.320 e. The van der Waals surface area contributed by atoms with Crippen LogP contribution >= 0.6 is 0 Å². The highest BCUT2D eigenvalue weighted by atomic mass is 16.5. The van der Waals surface area contributed by atoms with Gasteiger partial charge in [-0.25, -0.2) is 0 Å². The molecule has 4 aromatic carbocycles. The highest BCUT2D eigenvalue weighted by molar-refractivity contribution is 5.74. The van der Waals surface area contributed by atoms with Crippen LogP contribution in [0, 0.1) is 0 Å². The van der Waals surface area contributed by atoms with E-state index in [0.717, 1.165) is 66.8 Å². The Kier molecular flexibility index (Phi) is 10.6. The Balaban J connectivity index is 1.69. The molecule has 1 aliphatic heterocycles. The van der Waals surface area contributed by atoms with Crippen molar-refractivity contribution in [2.45, 2.75) is 149 Å². The number of hydrogen-bond acceptors (Lipinski definition) is 6. The second kappa shape index (κ2) is 14.5. The Bertz CT molecular complexity index is 2050. The molecule has 1 heterocycles. The summed E-state index contributed by atoms with van der Waals surface area (Å²) in [6.45, 7) is 26.4. The first kappa shape index (κ1) is 41.2. The summed E-state index contributed by atoms with van der Waals surface area (Å²) in [5, 5.41) is 49.5. The monoisotopic (exact) mass is 761 g/mol. The molecule has 7 nitrogen and oxygen atoms in total. The first-order chi connectivity index (χ1) is 25.8. The molecule has 8 bridgehead atoms. The third-order valence-corrected chi connectivity index (χ3v) is 11.7. The lowest BCUT2D eigenvalue weighted by molar-refractivity contribution is -0.139. The number of hydrogen-bond donors (Lipinski definition) is 5. The molecule has 300 valence electrons. The summed E-state index contributed by atoms with van der Waals surface area (Å²) in [6, 6.07) is 16.1. The van der Waals surface area contributed by atoms with E-state index in [1.807, 2.05) is 0 Å². The maximum atomic E-state index is 12.2. The van der Waals surface area contributed by atoms with Crippen molar-refractivity contribution >= 4 is 5.97 Å². The van der Waals surface area contributed by atoms with Gasteiger partial charge < -0.3 is 30.5 Å². The van der Waals surface area contributed by atoms with Crippen LogP contribution in [-0.4, -0.2) is 45.1 Å². The molecule has 0 saturated carbocycles. The molecule has 1 fully saturated rings. The van der Waals surface area contributed by atoms with Crippen LogP contribution in [0.2, 0.25) is 0 Å². The van der Waals surface area contributed by atoms with Crippen molar-refractivity contribution in [1.82, 2.24) is 5.32 Å². The van der Waals surface area contributed by atoms with Crippen LogP contribution in [0.25, 0.3) is 0 Å². The number of carboxylic acid groups (broad SMARTS) is 1. The highest BCUT2D eigenvalue weighted by Crippen LogP contribution is 2.44. The summed E-state index contributed by atoms with van der Waals surface area (Å²) in [5.74, 6) is 0.304. The molecular formula is C49H63NO6. The lowest BCUT2D eigenvalue weighted by Gasteiger charge is -2.28. The largest absolute Gasteiger partial charge is 0.507 e. The Morgan fingerprint density at radius 3 is 1.04 bits per heavy atom. The molecule has 2 atom stereocenters. The van der Waals surface area contributed by atoms with Gasteiger partial charge in [0.2, 0.25) is 0 Å². The van der Waals surface area contributed by atoms with Crippen LogP contribution in [0.1, 0.15) is 156 Å². The molecule has 6 rings (SSSR count). The van der Waals surface area contributed by atoms with E-state index in [-0.39, 0.29) is 45.0 Å². The summed E-state index contributed by atoms with van der Waals surface area (Å²) in [5.41, 5.74) is 9.55. The number of aromatic hydroxyl groups is 3. The van der Waals surface area contributed by atoms with Crippen molar-refractivity contribution in [2.24, 2.45) is 0 Å². The molecular weight excluding hydrogens is 699 g/mol. The van der Waals surface area contributed by atoms with Gasteiger partial charge in [-0.3, -0.25) is 4.79 Å². The second-order valence-corrected chi connectivity index (χ2v) is 20.5. The molecule has 2 aliphatic rings. The number of rotatable bonds is 3. The van der Waals surface area contributed by atoms with E-state index in [2.05, 4.69) is 137 Å². The fraction of sp³-hybridized carbons (Fsp3) is 0.490. The average Bonchev–Trinajstić information content (AvgIpc) is 3.54. The van der Waals surface area contributed by atoms with Gasteiger partial charge in [-0.05, 0) is 88.4 Å². The van der Waals surface area contributed by atoms with Crippen LogP contribution < -0.4 is 10.1 Å². The van der Waals surface area contributed by atoms with Crippen molar-refractivity contribution in [2.75, 3.05) is 6.54 Å². The summed E-state index contributed by atoms with van der Waals surface area (Å²) in [7, 11) is 0. The number of phenols is 3. The first-order valence-corrected chi connectivity index (χ1v) is 20.1. The smallest absolute Gasteiger partial charge is 0.320 e. The molecule has 4 aromatic rings. The zero-order valence-corrected chi connectivity index (χ0v) is 35.6. The zero-order chi connectivity index (χ0) is 41.3. The normalized spacial score (nSPS) is 17.9. The van der Waals surface area contributed by atoms with Gasteiger partial charge in [0, 0.05) is 38.6 Å². The standard InChI is InChI=1S/C49H63NO6/c1-46(2,3)35-17-27-13-29-19-36(47(4,5)6)21-31(42(29)52)15-33-23-38(49(10,11)12)24-34(44(33)56-39-25-40(45(54)55)50-26-39)16-32-22-37(48(7,8)9)20-30(43(32)53)14-28(18-35)41(27)51/h17-24,39-40,50-53H,13-16,25-26H2,1-12H3,(H,54,55)/t39-,40-/m0/s1. The number of nitrogens with one attached hydrogen (secondary N) is 1. The number of fused-ring (bicyclic) bond motifs is 8. The van der Waals surface area contributed by atoms with Gasteiger partial charge in [0.15, 0.2) is 0 Å². The Labute approximate surface area is 334 Å². The van der Waals surface area contributed by atoms with E-state index in [0.29, 0.717) is 44.4 Å².